The minimum Gasteiger partial charge on any atom is -0.462 e. The summed E-state index contributed by atoms with van der Waals surface area (Å²) in [6.07, 6.45) is 5.55. The molecule has 0 heterocycles. The summed E-state index contributed by atoms with van der Waals surface area (Å²) >= 11 is 0. The van der Waals surface area contributed by atoms with Crippen LogP contribution in [-0.4, -0.2) is 22.8 Å². The van der Waals surface area contributed by atoms with Crippen LogP contribution in [0.1, 0.15) is 45.4 Å². The Bertz CT molecular complexity index is 296. The van der Waals surface area contributed by atoms with Crippen LogP contribution >= 0.6 is 0 Å². The lowest BCUT2D eigenvalue weighted by atomic mass is 9.53. The van der Waals surface area contributed by atoms with Gasteiger partial charge in [0.2, 0.25) is 0 Å². The average molecular weight is 224 g/mol. The molecule has 0 aromatic carbocycles. The lowest BCUT2D eigenvalue weighted by molar-refractivity contribution is -0.198. The van der Waals surface area contributed by atoms with Gasteiger partial charge in [0, 0.05) is 6.42 Å². The molecular formula is C13H20O3. The van der Waals surface area contributed by atoms with E-state index in [0.29, 0.717) is 24.2 Å². The number of rotatable bonds is 2. The molecule has 0 aromatic rings. The molecule has 16 heavy (non-hydrogen) atoms. The molecule has 4 bridgehead atoms. The topological polar surface area (TPSA) is 46.5 Å². The minimum atomic E-state index is -0.425. The van der Waals surface area contributed by atoms with E-state index in [9.17, 15) is 9.90 Å². The van der Waals surface area contributed by atoms with Gasteiger partial charge >= 0.3 is 5.97 Å². The van der Waals surface area contributed by atoms with Crippen LogP contribution in [-0.2, 0) is 9.53 Å². The fourth-order valence-corrected chi connectivity index (χ4v) is 4.36. The highest BCUT2D eigenvalue weighted by Gasteiger charge is 2.55. The lowest BCUT2D eigenvalue weighted by Gasteiger charge is -2.57. The van der Waals surface area contributed by atoms with Crippen LogP contribution in [0, 0.1) is 17.8 Å². The molecule has 4 rings (SSSR count). The molecule has 0 saturated heterocycles. The molecule has 3 nitrogen and oxygen atoms in total. The largest absolute Gasteiger partial charge is 0.462 e. The first-order valence-electron chi connectivity index (χ1n) is 6.51. The fraction of sp³-hybridized carbons (Fsp3) is 0.923. The highest BCUT2D eigenvalue weighted by molar-refractivity contribution is 5.69. The summed E-state index contributed by atoms with van der Waals surface area (Å²) in [7, 11) is 0. The Morgan fingerprint density at radius 1 is 1.31 bits per heavy atom. The maximum Gasteiger partial charge on any atom is 0.305 e. The Hall–Kier alpha value is -0.570. The second kappa shape index (κ2) is 3.46. The molecule has 2 atom stereocenters. The molecule has 90 valence electrons. The lowest BCUT2D eigenvalue weighted by Crippen LogP contribution is -2.57. The summed E-state index contributed by atoms with van der Waals surface area (Å²) in [6, 6.07) is 0. The number of ether oxygens (including phenoxy) is 1. The second-order valence-electron chi connectivity index (χ2n) is 6.00. The van der Waals surface area contributed by atoms with Gasteiger partial charge in [0.05, 0.1) is 5.60 Å². The van der Waals surface area contributed by atoms with E-state index in [2.05, 4.69) is 0 Å². The zero-order valence-electron chi connectivity index (χ0n) is 9.82. The average Bonchev–Trinajstić information content (AvgIpc) is 2.20. The first-order chi connectivity index (χ1) is 7.59. The predicted molar refractivity (Wildman–Crippen MR) is 58.7 cm³/mol. The third-order valence-corrected chi connectivity index (χ3v) is 4.71. The molecule has 4 aliphatic carbocycles. The van der Waals surface area contributed by atoms with Gasteiger partial charge in [-0.3, -0.25) is 4.79 Å². The van der Waals surface area contributed by atoms with E-state index in [1.54, 1.807) is 0 Å². The van der Waals surface area contributed by atoms with Gasteiger partial charge in [-0.25, -0.2) is 0 Å². The van der Waals surface area contributed by atoms with E-state index in [1.165, 1.54) is 0 Å². The first-order valence-corrected chi connectivity index (χ1v) is 6.51. The van der Waals surface area contributed by atoms with Gasteiger partial charge in [-0.15, -0.1) is 0 Å². The van der Waals surface area contributed by atoms with Crippen LogP contribution in [0.15, 0.2) is 0 Å². The van der Waals surface area contributed by atoms with Crippen molar-refractivity contribution in [2.45, 2.75) is 57.2 Å². The van der Waals surface area contributed by atoms with Crippen molar-refractivity contribution in [3.8, 4) is 0 Å². The number of hydrogen-bond acceptors (Lipinski definition) is 3. The fourth-order valence-electron chi connectivity index (χ4n) is 4.36. The van der Waals surface area contributed by atoms with Gasteiger partial charge < -0.3 is 9.84 Å². The van der Waals surface area contributed by atoms with Crippen molar-refractivity contribution in [1.82, 2.24) is 0 Å². The van der Waals surface area contributed by atoms with Crippen LogP contribution < -0.4 is 0 Å². The van der Waals surface area contributed by atoms with Crippen molar-refractivity contribution in [3.63, 3.8) is 0 Å². The molecule has 0 aromatic heterocycles. The number of carbonyl (C=O) groups excluding carboxylic acids is 1. The van der Waals surface area contributed by atoms with Gasteiger partial charge in [0.25, 0.3) is 0 Å². The van der Waals surface area contributed by atoms with Crippen LogP contribution in [0.3, 0.4) is 0 Å². The highest BCUT2D eigenvalue weighted by Crippen LogP contribution is 2.56. The molecule has 3 heteroatoms. The van der Waals surface area contributed by atoms with Crippen molar-refractivity contribution < 1.29 is 14.6 Å². The first kappa shape index (κ1) is 10.6. The molecule has 0 aliphatic heterocycles. The van der Waals surface area contributed by atoms with E-state index in [0.717, 1.165) is 32.1 Å². The molecular weight excluding hydrogens is 204 g/mol. The zero-order valence-corrected chi connectivity index (χ0v) is 9.82. The van der Waals surface area contributed by atoms with Crippen molar-refractivity contribution >= 4 is 5.97 Å². The molecule has 0 radical (unpaired) electrons. The Morgan fingerprint density at radius 3 is 2.44 bits per heavy atom. The molecule has 4 saturated carbocycles. The summed E-state index contributed by atoms with van der Waals surface area (Å²) < 4.78 is 5.57. The van der Waals surface area contributed by atoms with E-state index in [1.807, 2.05) is 6.92 Å². The number of aliphatic hydroxyl groups is 1. The van der Waals surface area contributed by atoms with Gasteiger partial charge in [0.15, 0.2) is 0 Å². The Morgan fingerprint density at radius 2 is 1.94 bits per heavy atom. The maximum atomic E-state index is 11.4. The van der Waals surface area contributed by atoms with E-state index >= 15 is 0 Å². The van der Waals surface area contributed by atoms with Crippen LogP contribution in [0.4, 0.5) is 0 Å². The van der Waals surface area contributed by atoms with Crippen molar-refractivity contribution in [1.29, 1.82) is 0 Å². The van der Waals surface area contributed by atoms with Crippen molar-refractivity contribution in [2.24, 2.45) is 17.8 Å². The standard InChI is InChI=1S/C13H20O3/c1-2-11(14)16-12-9-3-8-4-10(12)7-13(15,5-8)6-9/h8-10,12,15H,2-7H2,1H3. The smallest absolute Gasteiger partial charge is 0.305 e. The normalized spacial score (nSPS) is 49.4. The van der Waals surface area contributed by atoms with Gasteiger partial charge in [-0.2, -0.15) is 0 Å². The zero-order chi connectivity index (χ0) is 11.3. The highest BCUT2D eigenvalue weighted by atomic mass is 16.5. The van der Waals surface area contributed by atoms with Crippen molar-refractivity contribution in [2.75, 3.05) is 0 Å². The Labute approximate surface area is 96.2 Å². The van der Waals surface area contributed by atoms with Gasteiger partial charge in [0.1, 0.15) is 6.10 Å². The molecule has 2 unspecified atom stereocenters. The maximum absolute atomic E-state index is 11.4. The molecule has 1 N–H and O–H groups in total. The number of esters is 1. The van der Waals surface area contributed by atoms with E-state index < -0.39 is 5.60 Å². The number of carbonyl (C=O) groups is 1. The predicted octanol–water partition coefficient (Wildman–Crippen LogP) is 1.88. The summed E-state index contributed by atoms with van der Waals surface area (Å²) in [5.41, 5.74) is -0.425. The van der Waals surface area contributed by atoms with Crippen LogP contribution in [0.5, 0.6) is 0 Å². The molecule has 0 amide bonds. The van der Waals surface area contributed by atoms with Crippen LogP contribution in [0.2, 0.25) is 0 Å². The minimum absolute atomic E-state index is 0.0792. The molecule has 0 spiro atoms. The summed E-state index contributed by atoms with van der Waals surface area (Å²) in [5.74, 6) is 1.45. The third kappa shape index (κ3) is 1.56. The molecule has 4 fully saturated rings. The monoisotopic (exact) mass is 224 g/mol. The summed E-state index contributed by atoms with van der Waals surface area (Å²) in [4.78, 5) is 11.4. The van der Waals surface area contributed by atoms with E-state index in [4.69, 9.17) is 4.74 Å². The van der Waals surface area contributed by atoms with E-state index in [-0.39, 0.29) is 12.1 Å². The van der Waals surface area contributed by atoms with Gasteiger partial charge in [-0.1, -0.05) is 6.92 Å². The Balaban J connectivity index is 1.76. The summed E-state index contributed by atoms with van der Waals surface area (Å²) in [6.45, 7) is 1.84. The quantitative estimate of drug-likeness (QED) is 0.728. The second-order valence-corrected chi connectivity index (χ2v) is 6.00. The molecule has 4 aliphatic rings. The van der Waals surface area contributed by atoms with Gasteiger partial charge in [-0.05, 0) is 49.9 Å². The van der Waals surface area contributed by atoms with Crippen molar-refractivity contribution in [3.05, 3.63) is 0 Å². The SMILES string of the molecule is CCC(=O)OC1C2CC3CC1CC(O)(C3)C2. The Kier molecular flexibility index (Phi) is 2.29. The van der Waals surface area contributed by atoms with Crippen LogP contribution in [0.25, 0.3) is 0 Å². The number of hydrogen-bond donors (Lipinski definition) is 1. The third-order valence-electron chi connectivity index (χ3n) is 4.71. The summed E-state index contributed by atoms with van der Waals surface area (Å²) in [5, 5.41) is 10.4.